The molecule has 0 aliphatic carbocycles. The summed E-state index contributed by atoms with van der Waals surface area (Å²) >= 11 is 0. The monoisotopic (exact) mass is 261 g/mol. The van der Waals surface area contributed by atoms with Gasteiger partial charge in [0.2, 0.25) is 0 Å². The molecule has 0 saturated carbocycles. The zero-order chi connectivity index (χ0) is 12.1. The molecule has 0 radical (unpaired) electrons. The van der Waals surface area contributed by atoms with Crippen molar-refractivity contribution in [2.24, 2.45) is 0 Å². The van der Waals surface area contributed by atoms with Crippen LogP contribution in [0.1, 0.15) is 0 Å². The number of nitrogens with one attached hydrogen (secondary N) is 1. The molecule has 0 spiro atoms. The summed E-state index contributed by atoms with van der Waals surface area (Å²) < 4.78 is 12.7. The van der Waals surface area contributed by atoms with Gasteiger partial charge in [-0.25, -0.2) is 4.39 Å². The fraction of sp³-hybridized carbons (Fsp3) is 0. The molecule has 17 heavy (non-hydrogen) atoms. The number of carbonyl (C=O) groups is 1. The Morgan fingerprint density at radius 3 is 2.65 bits per heavy atom. The van der Waals surface area contributed by atoms with Crippen molar-refractivity contribution in [3.63, 3.8) is 0 Å². The zero-order valence-electron chi connectivity index (χ0n) is 8.81. The molecule has 0 aliphatic rings. The minimum atomic E-state index is -1.18. The molecule has 0 atom stereocenters. The first-order valence-electron chi connectivity index (χ1n) is 4.03. The Kier molecular flexibility index (Phi) is 7.04. The first kappa shape index (κ1) is 16.1. The van der Waals surface area contributed by atoms with Gasteiger partial charge in [0.1, 0.15) is 5.82 Å². The minimum absolute atomic E-state index is 0. The normalized spacial score (nSPS) is 8.53. The van der Waals surface area contributed by atoms with Gasteiger partial charge < -0.3 is 10.7 Å². The molecule has 1 aromatic carbocycles. The van der Waals surface area contributed by atoms with E-state index in [1.165, 1.54) is 12.1 Å². The topological polar surface area (TPSA) is 94.5 Å². The van der Waals surface area contributed by atoms with Gasteiger partial charge >= 0.3 is 63.0 Å². The van der Waals surface area contributed by atoms with Gasteiger partial charge in [-0.3, -0.25) is 14.9 Å². The van der Waals surface area contributed by atoms with E-state index in [1.807, 2.05) is 5.32 Å². The minimum Gasteiger partial charge on any atom is -0.757 e. The van der Waals surface area contributed by atoms with Crippen molar-refractivity contribution in [1.29, 1.82) is 0 Å². The van der Waals surface area contributed by atoms with E-state index in [0.717, 1.165) is 18.0 Å². The van der Waals surface area contributed by atoms with Gasteiger partial charge in [0.05, 0.1) is 4.92 Å². The van der Waals surface area contributed by atoms with Crippen LogP contribution < -0.4 is 56.7 Å². The van der Waals surface area contributed by atoms with E-state index in [9.17, 15) is 19.3 Å². The van der Waals surface area contributed by atoms with Crippen molar-refractivity contribution >= 4 is 17.5 Å². The van der Waals surface area contributed by atoms with E-state index in [-0.39, 0.29) is 57.1 Å². The third kappa shape index (κ3) is 4.86. The maximum Gasteiger partial charge on any atom is 1.00 e. The number of amides is 1. The van der Waals surface area contributed by atoms with Crippen LogP contribution >= 0.6 is 0 Å². The van der Waals surface area contributed by atoms with E-state index in [1.54, 1.807) is 0 Å². The average Bonchev–Trinajstić information content (AvgIpc) is 2.17. The van der Waals surface area contributed by atoms with Crippen molar-refractivity contribution in [2.75, 3.05) is 5.32 Å². The fourth-order valence-corrected chi connectivity index (χ4v) is 0.931. The first-order valence-corrected chi connectivity index (χ1v) is 4.03. The van der Waals surface area contributed by atoms with Crippen molar-refractivity contribution < 1.29 is 65.5 Å². The van der Waals surface area contributed by atoms with E-state index in [0.29, 0.717) is 0 Å². The molecule has 1 rings (SSSR count). The van der Waals surface area contributed by atoms with Crippen LogP contribution in [0.2, 0.25) is 0 Å². The Balaban J connectivity index is 0.00000256. The van der Waals surface area contributed by atoms with Gasteiger partial charge in [-0.2, -0.15) is 5.87 Å². The second-order valence-corrected chi connectivity index (χ2v) is 2.68. The van der Waals surface area contributed by atoms with Crippen LogP contribution in [-0.4, -0.2) is 16.7 Å². The van der Waals surface area contributed by atoms with E-state index >= 15 is 0 Å². The quantitative estimate of drug-likeness (QED) is 0.228. The molecule has 0 heterocycles. The van der Waals surface area contributed by atoms with Gasteiger partial charge in [0, 0.05) is 5.69 Å². The Morgan fingerprint density at radius 2 is 2.18 bits per heavy atom. The van der Waals surface area contributed by atoms with E-state index < -0.39 is 22.3 Å². The molecule has 0 aromatic heterocycles. The first-order chi connectivity index (χ1) is 7.54. The summed E-state index contributed by atoms with van der Waals surface area (Å²) in [6.45, 7) is 0. The molecule has 0 bridgehead atoms. The second kappa shape index (κ2) is 7.44. The third-order valence-electron chi connectivity index (χ3n) is 1.59. The van der Waals surface area contributed by atoms with Crippen LogP contribution in [0.3, 0.4) is 0 Å². The molecule has 0 aliphatic heterocycles. The molecule has 1 amide bonds. The van der Waals surface area contributed by atoms with Crippen molar-refractivity contribution in [3.8, 4) is 0 Å². The molecule has 6 nitrogen and oxygen atoms in total. The van der Waals surface area contributed by atoms with Crippen LogP contribution in [0.15, 0.2) is 30.0 Å². The second-order valence-electron chi connectivity index (χ2n) is 2.68. The van der Waals surface area contributed by atoms with Gasteiger partial charge in [-0.1, -0.05) is 6.07 Å². The van der Waals surface area contributed by atoms with Gasteiger partial charge in [-0.05, 0) is 18.2 Å². The number of halogens is 1. The van der Waals surface area contributed by atoms with E-state index in [4.69, 9.17) is 5.41 Å². The molecular weight excluding hydrogens is 256 g/mol. The SMILES string of the molecule is [K+].[N-]=C=C(C(=O)Nc1cccc(F)c1)[N+](=O)[O-]. The maximum absolute atomic E-state index is 12.7. The predicted molar refractivity (Wildman–Crippen MR) is 53.9 cm³/mol. The molecule has 0 fully saturated rings. The number of carbonyl (C=O) groups excluding carboxylic acids is 1. The summed E-state index contributed by atoms with van der Waals surface area (Å²) in [7, 11) is 0. The Bertz CT molecular complexity index is 500. The van der Waals surface area contributed by atoms with E-state index in [2.05, 4.69) is 0 Å². The van der Waals surface area contributed by atoms with Gasteiger partial charge in [0.15, 0.2) is 0 Å². The predicted octanol–water partition coefficient (Wildman–Crippen LogP) is -1.83. The fourth-order valence-electron chi connectivity index (χ4n) is 0.931. The number of nitrogens with zero attached hydrogens (tertiary/aromatic N) is 2. The maximum atomic E-state index is 12.7. The zero-order valence-corrected chi connectivity index (χ0v) is 11.9. The summed E-state index contributed by atoms with van der Waals surface area (Å²) in [5, 5.41) is 20.6. The number of anilines is 1. The molecule has 1 aromatic rings. The largest absolute Gasteiger partial charge is 1.00 e. The molecule has 0 unspecified atom stereocenters. The Labute approximate surface area is 138 Å². The van der Waals surface area contributed by atoms with Gasteiger partial charge in [0.25, 0.3) is 0 Å². The average molecular weight is 261 g/mol. The molecule has 0 saturated heterocycles. The number of hydrogen-bond acceptors (Lipinski definition) is 3. The van der Waals surface area contributed by atoms with Crippen LogP contribution in [0.25, 0.3) is 5.41 Å². The Hall–Kier alpha value is -0.894. The third-order valence-corrected chi connectivity index (χ3v) is 1.59. The summed E-state index contributed by atoms with van der Waals surface area (Å²) in [5.74, 6) is -0.634. The van der Waals surface area contributed by atoms with Crippen LogP contribution in [-0.2, 0) is 4.79 Å². The van der Waals surface area contributed by atoms with Crippen molar-refractivity contribution in [1.82, 2.24) is 0 Å². The molecule has 8 heteroatoms. The van der Waals surface area contributed by atoms with Crippen molar-refractivity contribution in [3.05, 3.63) is 51.3 Å². The number of rotatable bonds is 3. The summed E-state index contributed by atoms with van der Waals surface area (Å²) in [5.41, 5.74) is -1.11. The Morgan fingerprint density at radius 1 is 1.53 bits per heavy atom. The summed E-state index contributed by atoms with van der Waals surface area (Å²) in [6.07, 6.45) is 0. The summed E-state index contributed by atoms with van der Waals surface area (Å²) in [6, 6.07) is 4.80. The molecular formula is C9H5FKN3O3. The van der Waals surface area contributed by atoms with Crippen LogP contribution in [0, 0.1) is 15.9 Å². The number of benzene rings is 1. The van der Waals surface area contributed by atoms with Crippen LogP contribution in [0.5, 0.6) is 0 Å². The molecule has 1 N–H and O–H groups in total. The van der Waals surface area contributed by atoms with Gasteiger partial charge in [-0.15, -0.1) is 0 Å². The standard InChI is InChI=1S/C9H5FN3O3.K/c10-6-2-1-3-7(4-6)12-9(14)8(5-11)13(15)16;/h1-4H,(H,12,14);/q-1;+1. The van der Waals surface area contributed by atoms with Crippen molar-refractivity contribution in [2.45, 2.75) is 0 Å². The number of nitro groups is 1. The summed E-state index contributed by atoms with van der Waals surface area (Å²) in [4.78, 5) is 20.3. The molecule has 82 valence electrons. The smallest absolute Gasteiger partial charge is 0.757 e. The number of hydrogen-bond donors (Lipinski definition) is 1. The van der Waals surface area contributed by atoms with Crippen LogP contribution in [0.4, 0.5) is 10.1 Å².